The van der Waals surface area contributed by atoms with Crippen LogP contribution in [-0.2, 0) is 20.5 Å². The van der Waals surface area contributed by atoms with Crippen LogP contribution in [0.2, 0.25) is 0 Å². The van der Waals surface area contributed by atoms with Crippen molar-refractivity contribution in [3.8, 4) is 0 Å². The highest BCUT2D eigenvalue weighted by atomic mass is 19.4. The summed E-state index contributed by atoms with van der Waals surface area (Å²) in [7, 11) is 0. The van der Waals surface area contributed by atoms with Gasteiger partial charge in [0.05, 0.1) is 43.2 Å². The van der Waals surface area contributed by atoms with Crippen LogP contribution in [0.5, 0.6) is 0 Å². The third-order valence-corrected chi connectivity index (χ3v) is 4.39. The van der Waals surface area contributed by atoms with E-state index in [1.807, 2.05) is 4.90 Å². The monoisotopic (exact) mass is 402 g/mol. The first-order valence-corrected chi connectivity index (χ1v) is 8.94. The molecule has 0 unspecified atom stereocenters. The molecule has 1 aliphatic heterocycles. The van der Waals surface area contributed by atoms with Crippen molar-refractivity contribution >= 4 is 23.2 Å². The van der Waals surface area contributed by atoms with E-state index in [0.717, 1.165) is 12.1 Å². The van der Waals surface area contributed by atoms with Gasteiger partial charge in [-0.15, -0.1) is 0 Å². The Morgan fingerprint density at radius 1 is 1.25 bits per heavy atom. The minimum atomic E-state index is -4.53. The molecule has 0 radical (unpaired) electrons. The number of halogens is 3. The fraction of sp³-hybridized carbons (Fsp3) is 0.556. The van der Waals surface area contributed by atoms with Crippen LogP contribution in [0.25, 0.3) is 0 Å². The molecule has 10 heteroatoms. The molecule has 1 aliphatic rings. The first-order chi connectivity index (χ1) is 13.1. The van der Waals surface area contributed by atoms with Crippen molar-refractivity contribution in [2.75, 3.05) is 49.6 Å². The first kappa shape index (κ1) is 22.0. The van der Waals surface area contributed by atoms with Crippen molar-refractivity contribution in [1.82, 2.24) is 4.90 Å². The maximum atomic E-state index is 13.1. The summed E-state index contributed by atoms with van der Waals surface area (Å²) in [4.78, 5) is 27.1. The molecule has 2 rings (SSSR count). The number of primary amides is 1. The summed E-state index contributed by atoms with van der Waals surface area (Å²) >= 11 is 0. The second-order valence-corrected chi connectivity index (χ2v) is 6.84. The lowest BCUT2D eigenvalue weighted by Gasteiger charge is -2.31. The Balaban J connectivity index is 2.24. The predicted molar refractivity (Wildman–Crippen MR) is 99.0 cm³/mol. The Bertz CT molecular complexity index is 704. The van der Waals surface area contributed by atoms with E-state index >= 15 is 0 Å². The number of alkyl halides is 3. The summed E-state index contributed by atoms with van der Waals surface area (Å²) < 4.78 is 44.7. The normalized spacial score (nSPS) is 15.2. The molecule has 1 heterocycles. The molecule has 1 aromatic rings. The molecule has 0 aromatic heterocycles. The van der Waals surface area contributed by atoms with E-state index in [2.05, 4.69) is 5.32 Å². The summed E-state index contributed by atoms with van der Waals surface area (Å²) in [5, 5.41) is 2.56. The zero-order valence-electron chi connectivity index (χ0n) is 15.9. The molecular weight excluding hydrogens is 377 g/mol. The van der Waals surface area contributed by atoms with Crippen LogP contribution in [0.1, 0.15) is 19.4 Å². The van der Waals surface area contributed by atoms with E-state index in [1.165, 1.54) is 6.07 Å². The van der Waals surface area contributed by atoms with Gasteiger partial charge in [0.1, 0.15) is 0 Å². The number of nitrogens with two attached hydrogens (primary N) is 1. The van der Waals surface area contributed by atoms with Crippen LogP contribution in [-0.4, -0.2) is 62.1 Å². The van der Waals surface area contributed by atoms with Crippen molar-refractivity contribution < 1.29 is 27.5 Å². The number of anilines is 2. The molecule has 0 aliphatic carbocycles. The lowest BCUT2D eigenvalue weighted by molar-refractivity contribution is -0.137. The molecule has 2 amide bonds. The molecule has 0 atom stereocenters. The van der Waals surface area contributed by atoms with E-state index < -0.39 is 23.6 Å². The number of morpholine rings is 1. The highest BCUT2D eigenvalue weighted by Gasteiger charge is 2.32. The van der Waals surface area contributed by atoms with Crippen molar-refractivity contribution in [2.45, 2.75) is 26.1 Å². The molecule has 1 aromatic carbocycles. The molecule has 28 heavy (non-hydrogen) atoms. The van der Waals surface area contributed by atoms with Crippen LogP contribution >= 0.6 is 0 Å². The molecule has 3 N–H and O–H groups in total. The second-order valence-electron chi connectivity index (χ2n) is 6.84. The number of nitrogens with one attached hydrogen (secondary N) is 1. The van der Waals surface area contributed by atoms with Crippen LogP contribution in [0, 0.1) is 0 Å². The van der Waals surface area contributed by atoms with E-state index in [-0.39, 0.29) is 24.8 Å². The zero-order chi connectivity index (χ0) is 20.9. The minimum Gasteiger partial charge on any atom is -0.378 e. The van der Waals surface area contributed by atoms with Crippen LogP contribution < -0.4 is 16.0 Å². The van der Waals surface area contributed by atoms with E-state index in [1.54, 1.807) is 18.7 Å². The van der Waals surface area contributed by atoms with Crippen molar-refractivity contribution in [3.05, 3.63) is 23.8 Å². The quantitative estimate of drug-likeness (QED) is 0.725. The van der Waals surface area contributed by atoms with Crippen molar-refractivity contribution in [1.29, 1.82) is 0 Å². The zero-order valence-corrected chi connectivity index (χ0v) is 15.9. The SMILES string of the molecule is CC(C)N(CC(N)=O)CC(=O)Nc1cc(C(F)(F)F)ccc1N1CCOCC1. The standard InChI is InChI=1S/C18H25F3N4O3/c1-12(2)25(10-16(22)26)11-17(27)23-14-9-13(18(19,20)21)3-4-15(14)24-5-7-28-8-6-24/h3-4,9,12H,5-8,10-11H2,1-2H3,(H2,22,26)(H,23,27). The Morgan fingerprint density at radius 3 is 2.43 bits per heavy atom. The average Bonchev–Trinajstić information content (AvgIpc) is 2.60. The maximum absolute atomic E-state index is 13.1. The van der Waals surface area contributed by atoms with Gasteiger partial charge in [-0.3, -0.25) is 14.5 Å². The number of benzene rings is 1. The van der Waals surface area contributed by atoms with Gasteiger partial charge in [0.15, 0.2) is 0 Å². The van der Waals surface area contributed by atoms with Crippen molar-refractivity contribution in [3.63, 3.8) is 0 Å². The Kier molecular flexibility index (Phi) is 7.25. The van der Waals surface area contributed by atoms with Gasteiger partial charge in [-0.25, -0.2) is 0 Å². The summed E-state index contributed by atoms with van der Waals surface area (Å²) in [6, 6.07) is 3.14. The smallest absolute Gasteiger partial charge is 0.378 e. The fourth-order valence-corrected chi connectivity index (χ4v) is 2.89. The topological polar surface area (TPSA) is 87.9 Å². The van der Waals surface area contributed by atoms with E-state index in [4.69, 9.17) is 10.5 Å². The molecule has 7 nitrogen and oxygen atoms in total. The maximum Gasteiger partial charge on any atom is 0.416 e. The number of nitrogens with zero attached hydrogens (tertiary/aromatic N) is 2. The number of carbonyl (C=O) groups is 2. The van der Waals surface area contributed by atoms with Gasteiger partial charge in [0.25, 0.3) is 0 Å². The first-order valence-electron chi connectivity index (χ1n) is 8.94. The fourth-order valence-electron chi connectivity index (χ4n) is 2.89. The van der Waals surface area contributed by atoms with Crippen LogP contribution in [0.15, 0.2) is 18.2 Å². The summed E-state index contributed by atoms with van der Waals surface area (Å²) in [6.07, 6.45) is -4.53. The Labute approximate surface area is 161 Å². The third kappa shape index (κ3) is 6.10. The lowest BCUT2D eigenvalue weighted by Crippen LogP contribution is -2.43. The third-order valence-electron chi connectivity index (χ3n) is 4.39. The van der Waals surface area contributed by atoms with E-state index in [9.17, 15) is 22.8 Å². The molecular formula is C18H25F3N4O3. The van der Waals surface area contributed by atoms with Crippen LogP contribution in [0.4, 0.5) is 24.5 Å². The minimum absolute atomic E-state index is 0.0736. The molecule has 0 bridgehead atoms. The Hall–Kier alpha value is -2.33. The van der Waals surface area contributed by atoms with Gasteiger partial charge in [-0.2, -0.15) is 13.2 Å². The second kappa shape index (κ2) is 9.24. The molecule has 1 saturated heterocycles. The van der Waals surface area contributed by atoms with Gasteiger partial charge in [-0.1, -0.05) is 0 Å². The highest BCUT2D eigenvalue weighted by molar-refractivity contribution is 5.96. The summed E-state index contributed by atoms with van der Waals surface area (Å²) in [5.74, 6) is -1.11. The number of amides is 2. The predicted octanol–water partition coefficient (Wildman–Crippen LogP) is 1.68. The number of hydrogen-bond donors (Lipinski definition) is 2. The average molecular weight is 402 g/mol. The van der Waals surface area contributed by atoms with Gasteiger partial charge < -0.3 is 20.7 Å². The largest absolute Gasteiger partial charge is 0.416 e. The molecule has 0 saturated carbocycles. The summed E-state index contributed by atoms with van der Waals surface area (Å²) in [5.41, 5.74) is 4.91. The van der Waals surface area contributed by atoms with Gasteiger partial charge >= 0.3 is 6.18 Å². The van der Waals surface area contributed by atoms with Crippen molar-refractivity contribution in [2.24, 2.45) is 5.73 Å². The van der Waals surface area contributed by atoms with Gasteiger partial charge in [0.2, 0.25) is 11.8 Å². The van der Waals surface area contributed by atoms with Gasteiger partial charge in [0, 0.05) is 19.1 Å². The number of rotatable bonds is 7. The van der Waals surface area contributed by atoms with Crippen LogP contribution in [0.3, 0.4) is 0 Å². The lowest BCUT2D eigenvalue weighted by atomic mass is 10.1. The molecule has 0 spiro atoms. The van der Waals surface area contributed by atoms with Gasteiger partial charge in [-0.05, 0) is 32.0 Å². The number of carbonyl (C=O) groups excluding carboxylic acids is 2. The van der Waals surface area contributed by atoms with E-state index in [0.29, 0.717) is 32.0 Å². The number of hydrogen-bond acceptors (Lipinski definition) is 5. The Morgan fingerprint density at radius 2 is 1.89 bits per heavy atom. The highest BCUT2D eigenvalue weighted by Crippen LogP contribution is 2.35. The summed E-state index contributed by atoms with van der Waals surface area (Å²) in [6.45, 7) is 5.22. The number of ether oxygens (including phenoxy) is 1. The molecule has 156 valence electrons. The molecule has 1 fully saturated rings.